The summed E-state index contributed by atoms with van der Waals surface area (Å²) in [6.07, 6.45) is 7.40. The van der Waals surface area contributed by atoms with E-state index < -0.39 is 5.60 Å². The van der Waals surface area contributed by atoms with Gasteiger partial charge in [0, 0.05) is 37.3 Å². The van der Waals surface area contributed by atoms with Gasteiger partial charge in [0.05, 0.1) is 23.3 Å². The number of amides is 1. The highest BCUT2D eigenvalue weighted by atomic mass is 16.6. The molecule has 6 rings (SSSR count). The Hall–Kier alpha value is -3.95. The first-order valence-corrected chi connectivity index (χ1v) is 13.8. The average Bonchev–Trinajstić information content (AvgIpc) is 3.54. The fraction of sp³-hybridized carbons (Fsp3) is 0.483. The monoisotopic (exact) mass is 528 g/mol. The van der Waals surface area contributed by atoms with Gasteiger partial charge in [-0.1, -0.05) is 11.6 Å². The van der Waals surface area contributed by atoms with Crippen molar-refractivity contribution in [3.63, 3.8) is 0 Å². The number of fused-ring (bicyclic) bond motifs is 2. The van der Waals surface area contributed by atoms with Crippen molar-refractivity contribution >= 4 is 34.3 Å². The summed E-state index contributed by atoms with van der Waals surface area (Å²) in [5.41, 5.74) is 3.47. The van der Waals surface area contributed by atoms with E-state index in [4.69, 9.17) is 19.8 Å². The highest BCUT2D eigenvalue weighted by molar-refractivity contribution is 5.90. The third kappa shape index (κ3) is 5.32. The number of aromatic nitrogens is 5. The molecule has 10 heteroatoms. The minimum atomic E-state index is -0.512. The number of carbonyl (C=O) groups is 1. The summed E-state index contributed by atoms with van der Waals surface area (Å²) in [6.45, 7) is 10.2. The lowest BCUT2D eigenvalue weighted by Gasteiger charge is -2.36. The van der Waals surface area contributed by atoms with Gasteiger partial charge < -0.3 is 19.9 Å². The highest BCUT2D eigenvalue weighted by Crippen LogP contribution is 2.37. The first-order valence-electron chi connectivity index (χ1n) is 13.8. The number of aryl methyl sites for hydroxylation is 1. The summed E-state index contributed by atoms with van der Waals surface area (Å²) >= 11 is 0. The van der Waals surface area contributed by atoms with Crippen LogP contribution in [0.2, 0.25) is 0 Å². The van der Waals surface area contributed by atoms with Crippen molar-refractivity contribution in [2.24, 2.45) is 0 Å². The standard InChI is InChI=1S/C29H36N8O2/c1-19-8-9-22-21(15-19)27(31-18-30-22)36-12-6-5-7-24(36)23-16-26-33-25(11-14-37(26)34-23)35-13-10-20(17-35)32-28(38)39-29(2,3)4/h8-9,11,14-16,18,20,24H,5-7,10,12-13,17H2,1-4H3,(H,32,38)/t20-,24?/m0/s1. The quantitative estimate of drug-likeness (QED) is 0.403. The summed E-state index contributed by atoms with van der Waals surface area (Å²) in [6, 6.07) is 10.6. The molecule has 0 saturated carbocycles. The SMILES string of the molecule is Cc1ccc2ncnc(N3CCCCC3c3cc4nc(N5CC[C@H](NC(=O)OC(C)(C)C)C5)ccn4n3)c2c1. The van der Waals surface area contributed by atoms with Gasteiger partial charge >= 0.3 is 6.09 Å². The van der Waals surface area contributed by atoms with Crippen LogP contribution >= 0.6 is 0 Å². The number of ether oxygens (including phenoxy) is 1. The van der Waals surface area contributed by atoms with Crippen LogP contribution in [0.4, 0.5) is 16.4 Å². The van der Waals surface area contributed by atoms with Crippen molar-refractivity contribution in [1.82, 2.24) is 29.9 Å². The van der Waals surface area contributed by atoms with Gasteiger partial charge in [-0.3, -0.25) is 0 Å². The zero-order valence-corrected chi connectivity index (χ0v) is 23.1. The lowest BCUT2D eigenvalue weighted by Crippen LogP contribution is -2.40. The fourth-order valence-corrected chi connectivity index (χ4v) is 5.67. The molecular formula is C29H36N8O2. The van der Waals surface area contributed by atoms with E-state index in [1.807, 2.05) is 37.5 Å². The lowest BCUT2D eigenvalue weighted by molar-refractivity contribution is 0.0509. The maximum atomic E-state index is 12.2. The summed E-state index contributed by atoms with van der Waals surface area (Å²) < 4.78 is 7.28. The second-order valence-electron chi connectivity index (χ2n) is 11.7. The number of carbonyl (C=O) groups excluding carboxylic acids is 1. The molecule has 1 unspecified atom stereocenters. The third-order valence-electron chi connectivity index (χ3n) is 7.45. The van der Waals surface area contributed by atoms with E-state index in [2.05, 4.69) is 51.3 Å². The van der Waals surface area contributed by atoms with Crippen LogP contribution in [0, 0.1) is 6.92 Å². The molecule has 0 bridgehead atoms. The molecule has 2 saturated heterocycles. The highest BCUT2D eigenvalue weighted by Gasteiger charge is 2.30. The summed E-state index contributed by atoms with van der Waals surface area (Å²) in [4.78, 5) is 31.0. The Bertz CT molecular complexity index is 1510. The molecule has 4 aromatic rings. The Balaban J connectivity index is 1.23. The second kappa shape index (κ2) is 9.98. The maximum Gasteiger partial charge on any atom is 0.407 e. The Morgan fingerprint density at radius 2 is 1.95 bits per heavy atom. The van der Waals surface area contributed by atoms with Gasteiger partial charge in [0.15, 0.2) is 5.65 Å². The number of anilines is 2. The number of piperidine rings is 1. The van der Waals surface area contributed by atoms with E-state index in [-0.39, 0.29) is 18.2 Å². The largest absolute Gasteiger partial charge is 0.444 e. The van der Waals surface area contributed by atoms with E-state index in [0.29, 0.717) is 6.54 Å². The predicted molar refractivity (Wildman–Crippen MR) is 151 cm³/mol. The first kappa shape index (κ1) is 25.3. The van der Waals surface area contributed by atoms with E-state index >= 15 is 0 Å². The number of benzene rings is 1. The Morgan fingerprint density at radius 3 is 2.79 bits per heavy atom. The molecule has 0 aliphatic carbocycles. The van der Waals surface area contributed by atoms with Gasteiger partial charge in [0.1, 0.15) is 23.6 Å². The number of rotatable bonds is 4. The Kier molecular flexibility index (Phi) is 6.48. The molecule has 3 aromatic heterocycles. The smallest absolute Gasteiger partial charge is 0.407 e. The molecule has 1 amide bonds. The molecule has 10 nitrogen and oxygen atoms in total. The van der Waals surface area contributed by atoms with E-state index in [0.717, 1.165) is 72.7 Å². The van der Waals surface area contributed by atoms with Crippen LogP contribution in [0.15, 0.2) is 42.9 Å². The summed E-state index contributed by atoms with van der Waals surface area (Å²) in [5, 5.41) is 9.02. The summed E-state index contributed by atoms with van der Waals surface area (Å²) in [7, 11) is 0. The van der Waals surface area contributed by atoms with Crippen molar-refractivity contribution in [2.75, 3.05) is 29.4 Å². The van der Waals surface area contributed by atoms with Gasteiger partial charge in [-0.15, -0.1) is 0 Å². The molecule has 1 aromatic carbocycles. The number of hydrogen-bond acceptors (Lipinski definition) is 8. The van der Waals surface area contributed by atoms with Crippen LogP contribution in [-0.2, 0) is 4.74 Å². The molecule has 39 heavy (non-hydrogen) atoms. The molecule has 5 heterocycles. The second-order valence-corrected chi connectivity index (χ2v) is 11.7. The zero-order chi connectivity index (χ0) is 27.1. The van der Waals surface area contributed by atoms with Crippen LogP contribution in [-0.4, -0.2) is 61.9 Å². The molecule has 204 valence electrons. The third-order valence-corrected chi connectivity index (χ3v) is 7.45. The zero-order valence-electron chi connectivity index (χ0n) is 23.1. The normalized spacial score (nSPS) is 20.1. The van der Waals surface area contributed by atoms with Gasteiger partial charge in [-0.2, -0.15) is 5.10 Å². The van der Waals surface area contributed by atoms with Crippen molar-refractivity contribution in [3.05, 3.63) is 54.1 Å². The van der Waals surface area contributed by atoms with Crippen molar-refractivity contribution < 1.29 is 9.53 Å². The van der Waals surface area contributed by atoms with Gasteiger partial charge in [-0.25, -0.2) is 24.3 Å². The van der Waals surface area contributed by atoms with Crippen LogP contribution < -0.4 is 15.1 Å². The van der Waals surface area contributed by atoms with Gasteiger partial charge in [-0.05, 0) is 71.6 Å². The minimum absolute atomic E-state index is 0.0282. The Morgan fingerprint density at radius 1 is 1.08 bits per heavy atom. The molecule has 0 spiro atoms. The number of nitrogens with one attached hydrogen (secondary N) is 1. The predicted octanol–water partition coefficient (Wildman–Crippen LogP) is 4.82. The topological polar surface area (TPSA) is 101 Å². The average molecular weight is 529 g/mol. The molecule has 0 radical (unpaired) electrons. The van der Waals surface area contributed by atoms with E-state index in [1.165, 1.54) is 5.56 Å². The number of hydrogen-bond donors (Lipinski definition) is 1. The molecule has 1 N–H and O–H groups in total. The van der Waals surface area contributed by atoms with Crippen LogP contribution in [0.25, 0.3) is 16.6 Å². The lowest BCUT2D eigenvalue weighted by atomic mass is 9.98. The first-order chi connectivity index (χ1) is 18.7. The summed E-state index contributed by atoms with van der Waals surface area (Å²) in [5.74, 6) is 1.86. The molecule has 2 atom stereocenters. The fourth-order valence-electron chi connectivity index (χ4n) is 5.67. The van der Waals surface area contributed by atoms with E-state index in [1.54, 1.807) is 6.33 Å². The van der Waals surface area contributed by atoms with Crippen molar-refractivity contribution in [1.29, 1.82) is 0 Å². The molecular weight excluding hydrogens is 492 g/mol. The van der Waals surface area contributed by atoms with Gasteiger partial charge in [0.2, 0.25) is 0 Å². The molecule has 2 fully saturated rings. The number of alkyl carbamates (subject to hydrolysis) is 1. The maximum absolute atomic E-state index is 12.2. The van der Waals surface area contributed by atoms with Crippen molar-refractivity contribution in [2.45, 2.75) is 71.1 Å². The molecule has 2 aliphatic rings. The van der Waals surface area contributed by atoms with Crippen LogP contribution in [0.5, 0.6) is 0 Å². The van der Waals surface area contributed by atoms with Gasteiger partial charge in [0.25, 0.3) is 0 Å². The minimum Gasteiger partial charge on any atom is -0.444 e. The Labute approximate surface area is 228 Å². The number of nitrogens with zero attached hydrogens (tertiary/aromatic N) is 7. The van der Waals surface area contributed by atoms with E-state index in [9.17, 15) is 4.79 Å². The van der Waals surface area contributed by atoms with Crippen molar-refractivity contribution in [3.8, 4) is 0 Å². The van der Waals surface area contributed by atoms with Crippen LogP contribution in [0.3, 0.4) is 0 Å². The van der Waals surface area contributed by atoms with Crippen LogP contribution in [0.1, 0.15) is 63.8 Å². The molecule has 2 aliphatic heterocycles.